The van der Waals surface area contributed by atoms with Gasteiger partial charge in [-0.15, -0.1) is 0 Å². The quantitative estimate of drug-likeness (QED) is 0.285. The molecule has 1 aromatic heterocycles. The number of hydrogen-bond acceptors (Lipinski definition) is 6. The molecule has 2 aromatic carbocycles. The Hall–Kier alpha value is -2.94. The number of esters is 1. The summed E-state index contributed by atoms with van der Waals surface area (Å²) in [6.07, 6.45) is 3.37. The van der Waals surface area contributed by atoms with Crippen molar-refractivity contribution in [3.63, 3.8) is 0 Å². The lowest BCUT2D eigenvalue weighted by atomic mass is 9.95. The molecule has 1 aliphatic heterocycles. The highest BCUT2D eigenvalue weighted by molar-refractivity contribution is 9.10. The first-order chi connectivity index (χ1) is 17.2. The number of halogens is 2. The van der Waals surface area contributed by atoms with Crippen LogP contribution in [0.15, 0.2) is 74.6 Å². The molecule has 0 bridgehead atoms. The van der Waals surface area contributed by atoms with Crippen molar-refractivity contribution in [3.8, 4) is 5.75 Å². The van der Waals surface area contributed by atoms with Crippen molar-refractivity contribution in [1.29, 1.82) is 0 Å². The van der Waals surface area contributed by atoms with Gasteiger partial charge < -0.3 is 9.47 Å². The van der Waals surface area contributed by atoms with E-state index in [4.69, 9.17) is 21.1 Å². The maximum atomic E-state index is 13.8. The number of aryl methyl sites for hydroxylation is 1. The normalized spacial score (nSPS) is 15.4. The predicted octanol–water partition coefficient (Wildman–Crippen LogP) is 5.09. The van der Waals surface area contributed by atoms with Crippen LogP contribution in [-0.2, 0) is 9.53 Å². The average Bonchev–Trinajstić information content (AvgIpc) is 3.12. The highest BCUT2D eigenvalue weighted by atomic mass is 79.9. The molecule has 0 saturated carbocycles. The van der Waals surface area contributed by atoms with Crippen molar-refractivity contribution in [2.75, 3.05) is 13.2 Å². The van der Waals surface area contributed by atoms with Gasteiger partial charge in [0.1, 0.15) is 12.4 Å². The Bertz CT molecular complexity index is 1550. The first kappa shape index (κ1) is 26.1. The van der Waals surface area contributed by atoms with Gasteiger partial charge in [0.2, 0.25) is 0 Å². The molecule has 0 N–H and O–H groups in total. The minimum Gasteiger partial charge on any atom is -0.488 e. The van der Waals surface area contributed by atoms with E-state index >= 15 is 0 Å². The Morgan fingerprint density at radius 2 is 2.00 bits per heavy atom. The Labute approximate surface area is 226 Å². The molecule has 36 heavy (non-hydrogen) atoms. The highest BCUT2D eigenvalue weighted by Crippen LogP contribution is 2.34. The van der Waals surface area contributed by atoms with Crippen LogP contribution in [0.1, 0.15) is 36.6 Å². The van der Waals surface area contributed by atoms with E-state index in [1.807, 2.05) is 31.2 Å². The lowest BCUT2D eigenvalue weighted by Gasteiger charge is -2.24. The fourth-order valence-corrected chi connectivity index (χ4v) is 5.96. The van der Waals surface area contributed by atoms with Crippen molar-refractivity contribution >= 4 is 50.9 Å². The molecule has 6 nitrogen and oxygen atoms in total. The number of hydrogen-bond donors (Lipinski definition) is 0. The van der Waals surface area contributed by atoms with Crippen LogP contribution in [0.2, 0.25) is 5.02 Å². The van der Waals surface area contributed by atoms with Crippen LogP contribution in [0, 0.1) is 6.92 Å². The summed E-state index contributed by atoms with van der Waals surface area (Å²) in [5, 5.41) is 0.491. The van der Waals surface area contributed by atoms with Gasteiger partial charge in [0.25, 0.3) is 5.56 Å². The molecular formula is C27H24BrClN2O4S. The first-order valence-electron chi connectivity index (χ1n) is 11.2. The van der Waals surface area contributed by atoms with Crippen LogP contribution in [0.25, 0.3) is 6.08 Å². The van der Waals surface area contributed by atoms with Crippen LogP contribution in [0.3, 0.4) is 0 Å². The summed E-state index contributed by atoms with van der Waals surface area (Å²) < 4.78 is 13.8. The summed E-state index contributed by atoms with van der Waals surface area (Å²) in [6, 6.07) is 10.5. The van der Waals surface area contributed by atoms with Crippen molar-refractivity contribution in [2.24, 2.45) is 4.99 Å². The largest absolute Gasteiger partial charge is 0.488 e. The van der Waals surface area contributed by atoms with Gasteiger partial charge in [-0.3, -0.25) is 9.36 Å². The first-order valence-corrected chi connectivity index (χ1v) is 13.2. The van der Waals surface area contributed by atoms with Crippen molar-refractivity contribution in [3.05, 3.63) is 106 Å². The van der Waals surface area contributed by atoms with Gasteiger partial charge in [0.15, 0.2) is 4.80 Å². The number of nitrogens with zero attached hydrogens (tertiary/aromatic N) is 2. The number of rotatable bonds is 7. The van der Waals surface area contributed by atoms with E-state index in [1.165, 1.54) is 11.3 Å². The molecule has 0 saturated heterocycles. The molecule has 186 valence electrons. The highest BCUT2D eigenvalue weighted by Gasteiger charge is 2.33. The molecule has 0 amide bonds. The number of carbonyl (C=O) groups excluding carboxylic acids is 1. The van der Waals surface area contributed by atoms with Crippen LogP contribution in [-0.4, -0.2) is 23.8 Å². The third-order valence-electron chi connectivity index (χ3n) is 5.58. The molecule has 2 heterocycles. The van der Waals surface area contributed by atoms with E-state index in [1.54, 1.807) is 42.7 Å². The zero-order valence-corrected chi connectivity index (χ0v) is 23.2. The van der Waals surface area contributed by atoms with Crippen molar-refractivity contribution in [2.45, 2.75) is 26.8 Å². The number of carbonyl (C=O) groups is 1. The van der Waals surface area contributed by atoms with Crippen LogP contribution >= 0.6 is 38.9 Å². The summed E-state index contributed by atoms with van der Waals surface area (Å²) in [5.41, 5.74) is 3.10. The molecule has 0 fully saturated rings. The van der Waals surface area contributed by atoms with Gasteiger partial charge in [0.05, 0.1) is 32.9 Å². The maximum Gasteiger partial charge on any atom is 0.338 e. The summed E-state index contributed by atoms with van der Waals surface area (Å²) in [5.74, 6) is 0.0566. The molecule has 0 radical (unpaired) electrons. The van der Waals surface area contributed by atoms with E-state index < -0.39 is 12.0 Å². The molecule has 1 aliphatic rings. The lowest BCUT2D eigenvalue weighted by Crippen LogP contribution is -2.39. The Kier molecular flexibility index (Phi) is 7.97. The zero-order valence-electron chi connectivity index (χ0n) is 20.0. The number of thiazole rings is 1. The van der Waals surface area contributed by atoms with E-state index in [-0.39, 0.29) is 18.8 Å². The minimum atomic E-state index is -0.661. The van der Waals surface area contributed by atoms with Crippen molar-refractivity contribution < 1.29 is 14.3 Å². The van der Waals surface area contributed by atoms with Crippen LogP contribution in [0.4, 0.5) is 0 Å². The Balaban J connectivity index is 1.96. The summed E-state index contributed by atoms with van der Waals surface area (Å²) in [4.78, 5) is 31.9. The van der Waals surface area contributed by atoms with Gasteiger partial charge in [0, 0.05) is 10.6 Å². The number of allylic oxidation sites excluding steroid dienone is 1. The maximum absolute atomic E-state index is 13.8. The fraction of sp³-hybridized carbons (Fsp3) is 0.222. The molecule has 0 aliphatic carbocycles. The molecule has 0 spiro atoms. The summed E-state index contributed by atoms with van der Waals surface area (Å²) in [6.45, 7) is 9.70. The Morgan fingerprint density at radius 3 is 2.67 bits per heavy atom. The molecule has 1 atom stereocenters. The second-order valence-corrected chi connectivity index (χ2v) is 10.4. The molecular weight excluding hydrogens is 564 g/mol. The standard InChI is InChI=1S/C27H24BrClN2O4S/c1-5-11-35-24-18(12-19(29)14-20(24)28)13-21-25(32)31-23(17-9-7-15(3)8-10-17)22(26(33)34-6-2)16(4)30-27(31)36-21/h5,7-10,12-14,23H,1,6,11H2,2-4H3/b21-13-/t23-/m0/s1. The second-order valence-electron chi connectivity index (χ2n) is 8.12. The van der Waals surface area contributed by atoms with E-state index in [0.717, 1.165) is 11.1 Å². The third kappa shape index (κ3) is 5.12. The third-order valence-corrected chi connectivity index (χ3v) is 7.37. The number of benzene rings is 2. The zero-order chi connectivity index (χ0) is 26.0. The van der Waals surface area contributed by atoms with Crippen LogP contribution in [0.5, 0.6) is 5.75 Å². The van der Waals surface area contributed by atoms with E-state index in [9.17, 15) is 9.59 Å². The monoisotopic (exact) mass is 586 g/mol. The Morgan fingerprint density at radius 1 is 1.28 bits per heavy atom. The minimum absolute atomic E-state index is 0.220. The number of fused-ring (bicyclic) bond motifs is 1. The SMILES string of the molecule is C=CCOc1c(Br)cc(Cl)cc1/C=c1\sc2n(c1=O)[C@@H](c1ccc(C)cc1)C(C(=O)OCC)=C(C)N=2. The number of aromatic nitrogens is 1. The molecule has 3 aromatic rings. The number of ether oxygens (including phenoxy) is 2. The lowest BCUT2D eigenvalue weighted by molar-refractivity contribution is -0.139. The summed E-state index contributed by atoms with van der Waals surface area (Å²) >= 11 is 11.0. The van der Waals surface area contributed by atoms with Gasteiger partial charge in [-0.05, 0) is 60.5 Å². The second kappa shape index (κ2) is 11.0. The van der Waals surface area contributed by atoms with E-state index in [0.29, 0.717) is 41.4 Å². The van der Waals surface area contributed by atoms with Crippen molar-refractivity contribution in [1.82, 2.24) is 4.57 Å². The average molecular weight is 588 g/mol. The molecule has 4 rings (SSSR count). The topological polar surface area (TPSA) is 69.9 Å². The molecule has 0 unspecified atom stereocenters. The fourth-order valence-electron chi connectivity index (χ4n) is 3.98. The predicted molar refractivity (Wildman–Crippen MR) is 146 cm³/mol. The van der Waals surface area contributed by atoms with Gasteiger partial charge in [-0.2, -0.15) is 0 Å². The van der Waals surface area contributed by atoms with E-state index in [2.05, 4.69) is 27.5 Å². The smallest absolute Gasteiger partial charge is 0.338 e. The summed E-state index contributed by atoms with van der Waals surface area (Å²) in [7, 11) is 0. The van der Waals surface area contributed by atoms with Gasteiger partial charge >= 0.3 is 5.97 Å². The molecule has 9 heteroatoms. The van der Waals surface area contributed by atoms with Crippen LogP contribution < -0.4 is 19.6 Å². The van der Waals surface area contributed by atoms with Gasteiger partial charge in [-0.25, -0.2) is 9.79 Å². The van der Waals surface area contributed by atoms with Gasteiger partial charge in [-0.1, -0.05) is 65.4 Å².